The normalized spacial score (nSPS) is 17.4. The van der Waals surface area contributed by atoms with E-state index in [1.807, 2.05) is 0 Å². The predicted octanol–water partition coefficient (Wildman–Crippen LogP) is 4.94. The zero-order valence-electron chi connectivity index (χ0n) is 13.9. The fourth-order valence-electron chi connectivity index (χ4n) is 2.25. The van der Waals surface area contributed by atoms with Gasteiger partial charge in [0.15, 0.2) is 16.7 Å². The molecular formula is C18H14Cl2N2O3S. The smallest absolute Gasteiger partial charge is 0.266 e. The second-order valence-corrected chi connectivity index (χ2v) is 7.24. The molecule has 1 N–H and O–H groups in total. The number of ether oxygens (including phenoxy) is 1. The van der Waals surface area contributed by atoms with Crippen LogP contribution in [-0.4, -0.2) is 35.2 Å². The maximum atomic E-state index is 12.5. The van der Waals surface area contributed by atoms with Crippen LogP contribution in [-0.2, 0) is 4.79 Å². The molecule has 1 saturated heterocycles. The minimum absolute atomic E-state index is 0.0628. The molecule has 0 radical (unpaired) electrons. The van der Waals surface area contributed by atoms with Crippen molar-refractivity contribution in [3.63, 3.8) is 0 Å². The van der Waals surface area contributed by atoms with Crippen molar-refractivity contribution >= 4 is 57.8 Å². The van der Waals surface area contributed by atoms with Crippen LogP contribution in [0.2, 0.25) is 10.0 Å². The third-order valence-corrected chi connectivity index (χ3v) is 5.28. The summed E-state index contributed by atoms with van der Waals surface area (Å²) in [6.07, 6.45) is 1.65. The summed E-state index contributed by atoms with van der Waals surface area (Å²) in [6.45, 7) is 0. The van der Waals surface area contributed by atoms with E-state index in [4.69, 9.17) is 27.9 Å². The van der Waals surface area contributed by atoms with Crippen LogP contribution >= 0.6 is 35.0 Å². The average molecular weight is 409 g/mol. The minimum Gasteiger partial charge on any atom is -0.504 e. The van der Waals surface area contributed by atoms with Gasteiger partial charge in [0.1, 0.15) is 0 Å². The van der Waals surface area contributed by atoms with Gasteiger partial charge in [0, 0.05) is 18.1 Å². The Bertz CT molecular complexity index is 927. The van der Waals surface area contributed by atoms with Crippen LogP contribution in [0.25, 0.3) is 6.08 Å². The molecule has 0 aromatic heterocycles. The van der Waals surface area contributed by atoms with Crippen molar-refractivity contribution in [3.8, 4) is 11.5 Å². The number of carbonyl (C=O) groups is 1. The van der Waals surface area contributed by atoms with Gasteiger partial charge in [0.25, 0.3) is 5.91 Å². The highest BCUT2D eigenvalue weighted by molar-refractivity contribution is 8.18. The van der Waals surface area contributed by atoms with Crippen LogP contribution < -0.4 is 4.74 Å². The van der Waals surface area contributed by atoms with Crippen LogP contribution in [0, 0.1) is 0 Å². The quantitative estimate of drug-likeness (QED) is 0.730. The summed E-state index contributed by atoms with van der Waals surface area (Å²) in [4.78, 5) is 18.9. The molecule has 0 aliphatic carbocycles. The van der Waals surface area contributed by atoms with Crippen molar-refractivity contribution in [2.24, 2.45) is 4.99 Å². The zero-order chi connectivity index (χ0) is 18.8. The standard InChI is InChI=1S/C18H14Cl2N2O3S/c1-22-17(24)16(8-10-7-15(25-2)14(23)9-13(10)20)26-18(22)21-12-5-3-11(19)4-6-12/h3-9,23H,1-2H3/b16-8+,21-18?. The summed E-state index contributed by atoms with van der Waals surface area (Å²) in [7, 11) is 3.10. The number of halogens is 2. The molecule has 2 aromatic rings. The molecule has 134 valence electrons. The molecule has 3 rings (SSSR count). The van der Waals surface area contributed by atoms with E-state index in [2.05, 4.69) is 4.99 Å². The van der Waals surface area contributed by atoms with Gasteiger partial charge >= 0.3 is 0 Å². The molecule has 1 heterocycles. The van der Waals surface area contributed by atoms with Gasteiger partial charge in [0.05, 0.1) is 22.7 Å². The van der Waals surface area contributed by atoms with Crippen molar-refractivity contribution in [1.82, 2.24) is 4.90 Å². The molecule has 5 nitrogen and oxygen atoms in total. The number of aromatic hydroxyl groups is 1. The van der Waals surface area contributed by atoms with Gasteiger partial charge < -0.3 is 9.84 Å². The van der Waals surface area contributed by atoms with E-state index in [0.717, 1.165) is 0 Å². The van der Waals surface area contributed by atoms with Gasteiger partial charge in [-0.05, 0) is 53.7 Å². The number of methoxy groups -OCH3 is 1. The molecule has 26 heavy (non-hydrogen) atoms. The molecule has 1 fully saturated rings. The Morgan fingerprint density at radius 1 is 1.23 bits per heavy atom. The first kappa shape index (κ1) is 18.6. The van der Waals surface area contributed by atoms with Crippen LogP contribution in [0.3, 0.4) is 0 Å². The Labute approximate surface area is 164 Å². The van der Waals surface area contributed by atoms with Crippen molar-refractivity contribution in [2.75, 3.05) is 14.2 Å². The summed E-state index contributed by atoms with van der Waals surface area (Å²) < 4.78 is 5.09. The summed E-state index contributed by atoms with van der Waals surface area (Å²) in [5, 5.41) is 11.2. The lowest BCUT2D eigenvalue weighted by Crippen LogP contribution is -2.23. The van der Waals surface area contributed by atoms with Crippen LogP contribution in [0.4, 0.5) is 5.69 Å². The number of hydrogen-bond donors (Lipinski definition) is 1. The third kappa shape index (κ3) is 3.82. The number of aliphatic imine (C=N–C) groups is 1. The second-order valence-electron chi connectivity index (χ2n) is 5.39. The van der Waals surface area contributed by atoms with Crippen LogP contribution in [0.5, 0.6) is 11.5 Å². The number of likely N-dealkylation sites (N-methyl/N-ethyl adjacent to an activating group) is 1. The van der Waals surface area contributed by atoms with Gasteiger partial charge in [-0.15, -0.1) is 0 Å². The molecule has 0 saturated carbocycles. The number of amides is 1. The number of phenolic OH excluding ortho intramolecular Hbond substituents is 1. The molecule has 0 atom stereocenters. The number of hydrogen-bond acceptors (Lipinski definition) is 5. The monoisotopic (exact) mass is 408 g/mol. The van der Waals surface area contributed by atoms with Gasteiger partial charge in [0.2, 0.25) is 0 Å². The van der Waals surface area contributed by atoms with E-state index < -0.39 is 0 Å². The third-order valence-electron chi connectivity index (χ3n) is 3.64. The van der Waals surface area contributed by atoms with Gasteiger partial charge in [-0.25, -0.2) is 4.99 Å². The Balaban J connectivity index is 1.94. The van der Waals surface area contributed by atoms with Gasteiger partial charge in [-0.2, -0.15) is 0 Å². The summed E-state index contributed by atoms with van der Waals surface area (Å²) >= 11 is 13.3. The lowest BCUT2D eigenvalue weighted by molar-refractivity contribution is -0.121. The number of nitrogens with zero attached hydrogens (tertiary/aromatic N) is 2. The maximum Gasteiger partial charge on any atom is 0.266 e. The maximum absolute atomic E-state index is 12.5. The molecule has 0 unspecified atom stereocenters. The van der Waals surface area contributed by atoms with E-state index in [0.29, 0.717) is 31.4 Å². The van der Waals surface area contributed by atoms with E-state index >= 15 is 0 Å². The fourth-order valence-corrected chi connectivity index (χ4v) is 3.57. The van der Waals surface area contributed by atoms with E-state index in [-0.39, 0.29) is 17.4 Å². The van der Waals surface area contributed by atoms with Gasteiger partial charge in [-0.1, -0.05) is 23.2 Å². The Hall–Kier alpha value is -2.15. The number of phenols is 1. The Morgan fingerprint density at radius 2 is 1.92 bits per heavy atom. The lowest BCUT2D eigenvalue weighted by atomic mass is 10.2. The zero-order valence-corrected chi connectivity index (χ0v) is 16.2. The number of thioether (sulfide) groups is 1. The predicted molar refractivity (Wildman–Crippen MR) is 107 cm³/mol. The Kier molecular flexibility index (Phi) is 5.46. The number of rotatable bonds is 3. The highest BCUT2D eigenvalue weighted by atomic mass is 35.5. The summed E-state index contributed by atoms with van der Waals surface area (Å²) in [5.74, 6) is 0.0260. The van der Waals surface area contributed by atoms with Crippen molar-refractivity contribution in [3.05, 3.63) is 56.9 Å². The molecular weight excluding hydrogens is 395 g/mol. The highest BCUT2D eigenvalue weighted by Gasteiger charge is 2.30. The first-order chi connectivity index (χ1) is 12.4. The average Bonchev–Trinajstić information content (AvgIpc) is 2.87. The molecule has 1 aliphatic rings. The van der Waals surface area contributed by atoms with E-state index in [1.165, 1.54) is 29.8 Å². The van der Waals surface area contributed by atoms with Crippen molar-refractivity contribution in [2.45, 2.75) is 0 Å². The number of benzene rings is 2. The molecule has 2 aromatic carbocycles. The van der Waals surface area contributed by atoms with Crippen LogP contribution in [0.15, 0.2) is 46.3 Å². The van der Waals surface area contributed by atoms with Crippen molar-refractivity contribution < 1.29 is 14.6 Å². The SMILES string of the molecule is COc1cc(/C=C2/SC(=Nc3ccc(Cl)cc3)N(C)C2=O)c(Cl)cc1O. The second kappa shape index (κ2) is 7.61. The lowest BCUT2D eigenvalue weighted by Gasteiger charge is -2.07. The number of amidine groups is 1. The number of carbonyl (C=O) groups excluding carboxylic acids is 1. The molecule has 0 bridgehead atoms. The molecule has 1 aliphatic heterocycles. The van der Waals surface area contributed by atoms with E-state index in [1.54, 1.807) is 43.5 Å². The summed E-state index contributed by atoms with van der Waals surface area (Å²) in [6, 6.07) is 9.98. The molecule has 0 spiro atoms. The topological polar surface area (TPSA) is 62.1 Å². The fraction of sp³-hybridized carbons (Fsp3) is 0.111. The van der Waals surface area contributed by atoms with Crippen molar-refractivity contribution in [1.29, 1.82) is 0 Å². The van der Waals surface area contributed by atoms with Gasteiger partial charge in [-0.3, -0.25) is 9.69 Å². The molecule has 1 amide bonds. The first-order valence-corrected chi connectivity index (χ1v) is 9.04. The highest BCUT2D eigenvalue weighted by Crippen LogP contribution is 2.37. The summed E-state index contributed by atoms with van der Waals surface area (Å²) in [5.41, 5.74) is 1.26. The largest absolute Gasteiger partial charge is 0.504 e. The van der Waals surface area contributed by atoms with Crippen LogP contribution in [0.1, 0.15) is 5.56 Å². The molecule has 8 heteroatoms. The van der Waals surface area contributed by atoms with E-state index in [9.17, 15) is 9.90 Å². The Morgan fingerprint density at radius 3 is 2.58 bits per heavy atom. The minimum atomic E-state index is -0.189. The first-order valence-electron chi connectivity index (χ1n) is 7.47.